The average Bonchev–Trinajstić information content (AvgIpc) is 3.09. The van der Waals surface area contributed by atoms with Gasteiger partial charge in [-0.25, -0.2) is 0 Å². The van der Waals surface area contributed by atoms with Crippen molar-refractivity contribution in [2.75, 3.05) is 6.61 Å². The first-order valence-corrected chi connectivity index (χ1v) is 7.42. The van der Waals surface area contributed by atoms with Crippen LogP contribution in [-0.2, 0) is 6.42 Å². The highest BCUT2D eigenvalue weighted by molar-refractivity contribution is 5.82. The Hall–Kier alpha value is -1.71. The van der Waals surface area contributed by atoms with E-state index in [0.29, 0.717) is 6.42 Å². The van der Waals surface area contributed by atoms with Crippen molar-refractivity contribution < 1.29 is 9.94 Å². The summed E-state index contributed by atoms with van der Waals surface area (Å²) in [5.41, 5.74) is 6.51. The zero-order valence-corrected chi connectivity index (χ0v) is 11.7. The van der Waals surface area contributed by atoms with Gasteiger partial charge < -0.3 is 15.7 Å². The van der Waals surface area contributed by atoms with E-state index in [9.17, 15) is 0 Å². The third-order valence-corrected chi connectivity index (χ3v) is 4.79. The van der Waals surface area contributed by atoms with Crippen molar-refractivity contribution in [1.82, 2.24) is 0 Å². The smallest absolute Gasteiger partial charge is 0.143 e. The summed E-state index contributed by atoms with van der Waals surface area (Å²) in [5.74, 6) is 3.76. The van der Waals surface area contributed by atoms with E-state index in [1.807, 2.05) is 24.3 Å². The number of nitrogens with zero attached hydrogens (tertiary/aromatic N) is 1. The summed E-state index contributed by atoms with van der Waals surface area (Å²) in [6.45, 7) is 0.848. The summed E-state index contributed by atoms with van der Waals surface area (Å²) in [4.78, 5) is 0. The predicted octanol–water partition coefficient (Wildman–Crippen LogP) is 2.79. The third kappa shape index (κ3) is 2.89. The van der Waals surface area contributed by atoms with Gasteiger partial charge in [0.25, 0.3) is 0 Å². The lowest BCUT2D eigenvalue weighted by atomic mass is 9.89. The molecule has 0 spiro atoms. The molecular weight excluding hydrogens is 252 g/mol. The summed E-state index contributed by atoms with van der Waals surface area (Å²) >= 11 is 0. The second-order valence-corrected chi connectivity index (χ2v) is 6.16. The Morgan fingerprint density at radius 3 is 2.65 bits per heavy atom. The van der Waals surface area contributed by atoms with E-state index in [4.69, 9.17) is 15.7 Å². The summed E-state index contributed by atoms with van der Waals surface area (Å²) in [7, 11) is 0. The number of rotatable bonds is 5. The Labute approximate surface area is 119 Å². The van der Waals surface area contributed by atoms with Crippen molar-refractivity contribution >= 4 is 5.84 Å². The van der Waals surface area contributed by atoms with Crippen LogP contribution in [0, 0.1) is 17.8 Å². The van der Waals surface area contributed by atoms with E-state index < -0.39 is 0 Å². The molecule has 0 radical (unpaired) electrons. The summed E-state index contributed by atoms with van der Waals surface area (Å²) < 4.78 is 5.92. The first-order valence-electron chi connectivity index (χ1n) is 7.42. The molecule has 20 heavy (non-hydrogen) atoms. The molecule has 0 saturated heterocycles. The molecule has 0 aliphatic heterocycles. The molecule has 0 amide bonds. The molecule has 2 aliphatic carbocycles. The molecule has 4 nitrogen and oxygen atoms in total. The van der Waals surface area contributed by atoms with E-state index in [1.165, 1.54) is 25.7 Å². The van der Waals surface area contributed by atoms with Gasteiger partial charge in [-0.2, -0.15) is 0 Å². The average molecular weight is 274 g/mol. The highest BCUT2D eigenvalue weighted by Gasteiger charge is 2.39. The number of nitrogens with two attached hydrogens (primary N) is 1. The fourth-order valence-electron chi connectivity index (χ4n) is 3.73. The SMILES string of the molecule is NC(Cc1ccc(OCC2CC3CCC2C3)cc1)=NO. The molecule has 3 unspecified atom stereocenters. The molecule has 0 heterocycles. The Kier molecular flexibility index (Phi) is 3.81. The molecule has 0 aromatic heterocycles. The van der Waals surface area contributed by atoms with Crippen molar-refractivity contribution in [1.29, 1.82) is 0 Å². The van der Waals surface area contributed by atoms with Gasteiger partial charge in [-0.15, -0.1) is 0 Å². The molecule has 3 N–H and O–H groups in total. The molecule has 2 aliphatic rings. The standard InChI is InChI=1S/C16H22N2O2/c17-16(18-19)9-11-2-5-15(6-3-11)20-10-14-8-12-1-4-13(14)7-12/h2-3,5-6,12-14,19H,1,4,7-10H2,(H2,17,18). The largest absolute Gasteiger partial charge is 0.493 e. The minimum Gasteiger partial charge on any atom is -0.493 e. The van der Waals surface area contributed by atoms with Gasteiger partial charge in [0.1, 0.15) is 11.6 Å². The van der Waals surface area contributed by atoms with Gasteiger partial charge in [-0.1, -0.05) is 23.7 Å². The minimum absolute atomic E-state index is 0.223. The van der Waals surface area contributed by atoms with E-state index in [-0.39, 0.29) is 5.84 Å². The van der Waals surface area contributed by atoms with Gasteiger partial charge >= 0.3 is 0 Å². The normalized spacial score (nSPS) is 28.8. The first kappa shape index (κ1) is 13.3. The molecule has 2 bridgehead atoms. The summed E-state index contributed by atoms with van der Waals surface area (Å²) in [5, 5.41) is 11.5. The van der Waals surface area contributed by atoms with Crippen LogP contribution in [-0.4, -0.2) is 17.6 Å². The van der Waals surface area contributed by atoms with Gasteiger partial charge in [0.15, 0.2) is 0 Å². The number of hydrogen-bond acceptors (Lipinski definition) is 3. The van der Waals surface area contributed by atoms with Gasteiger partial charge in [0.2, 0.25) is 0 Å². The van der Waals surface area contributed by atoms with E-state index in [0.717, 1.165) is 35.7 Å². The van der Waals surface area contributed by atoms with Crippen LogP contribution in [0.4, 0.5) is 0 Å². The zero-order chi connectivity index (χ0) is 13.9. The maximum Gasteiger partial charge on any atom is 0.143 e. The van der Waals surface area contributed by atoms with E-state index >= 15 is 0 Å². The van der Waals surface area contributed by atoms with Crippen LogP contribution in [0.1, 0.15) is 31.2 Å². The van der Waals surface area contributed by atoms with Crippen LogP contribution in [0.5, 0.6) is 5.75 Å². The molecule has 3 rings (SSSR count). The molecule has 4 heteroatoms. The zero-order valence-electron chi connectivity index (χ0n) is 11.7. The van der Waals surface area contributed by atoms with E-state index in [1.54, 1.807) is 0 Å². The predicted molar refractivity (Wildman–Crippen MR) is 78.0 cm³/mol. The molecule has 2 saturated carbocycles. The number of hydrogen-bond donors (Lipinski definition) is 2. The molecule has 108 valence electrons. The summed E-state index contributed by atoms with van der Waals surface area (Å²) in [6, 6.07) is 7.86. The van der Waals surface area contributed by atoms with Crippen molar-refractivity contribution in [3.63, 3.8) is 0 Å². The van der Waals surface area contributed by atoms with Crippen LogP contribution in [0.3, 0.4) is 0 Å². The second-order valence-electron chi connectivity index (χ2n) is 6.16. The van der Waals surface area contributed by atoms with Crippen LogP contribution in [0.2, 0.25) is 0 Å². The van der Waals surface area contributed by atoms with Crippen LogP contribution in [0.25, 0.3) is 0 Å². The Morgan fingerprint density at radius 2 is 2.05 bits per heavy atom. The monoisotopic (exact) mass is 274 g/mol. The Morgan fingerprint density at radius 1 is 1.25 bits per heavy atom. The van der Waals surface area contributed by atoms with Gasteiger partial charge in [-0.3, -0.25) is 0 Å². The van der Waals surface area contributed by atoms with Crippen molar-refractivity contribution in [3.8, 4) is 5.75 Å². The first-order chi connectivity index (χ1) is 9.74. The molecule has 2 fully saturated rings. The lowest BCUT2D eigenvalue weighted by molar-refractivity contribution is 0.195. The number of benzene rings is 1. The Bertz CT molecular complexity index is 484. The lowest BCUT2D eigenvalue weighted by Gasteiger charge is -2.21. The topological polar surface area (TPSA) is 67.8 Å². The van der Waals surface area contributed by atoms with E-state index in [2.05, 4.69) is 5.16 Å². The van der Waals surface area contributed by atoms with Crippen molar-refractivity contribution in [2.45, 2.75) is 32.1 Å². The van der Waals surface area contributed by atoms with Crippen LogP contribution in [0.15, 0.2) is 29.4 Å². The number of oxime groups is 1. The number of ether oxygens (including phenoxy) is 1. The highest BCUT2D eigenvalue weighted by Crippen LogP contribution is 2.48. The molecule has 1 aromatic rings. The van der Waals surface area contributed by atoms with Gasteiger partial charge in [-0.05, 0) is 54.7 Å². The van der Waals surface area contributed by atoms with Gasteiger partial charge in [0.05, 0.1) is 6.61 Å². The summed E-state index contributed by atoms with van der Waals surface area (Å²) in [6.07, 6.45) is 6.07. The highest BCUT2D eigenvalue weighted by atomic mass is 16.5. The van der Waals surface area contributed by atoms with Gasteiger partial charge in [0, 0.05) is 6.42 Å². The van der Waals surface area contributed by atoms with Crippen molar-refractivity contribution in [3.05, 3.63) is 29.8 Å². The number of amidine groups is 1. The minimum atomic E-state index is 0.223. The lowest BCUT2D eigenvalue weighted by Crippen LogP contribution is -2.18. The maximum atomic E-state index is 8.55. The second kappa shape index (κ2) is 5.73. The molecule has 3 atom stereocenters. The quantitative estimate of drug-likeness (QED) is 0.375. The fraction of sp³-hybridized carbons (Fsp3) is 0.562. The van der Waals surface area contributed by atoms with Crippen molar-refractivity contribution in [2.24, 2.45) is 28.6 Å². The van der Waals surface area contributed by atoms with Crippen LogP contribution < -0.4 is 10.5 Å². The van der Waals surface area contributed by atoms with Crippen LogP contribution >= 0.6 is 0 Å². The number of fused-ring (bicyclic) bond motifs is 2. The third-order valence-electron chi connectivity index (χ3n) is 4.79. The molecule has 1 aromatic carbocycles. The maximum absolute atomic E-state index is 8.55. The Balaban J connectivity index is 1.51. The molecular formula is C16H22N2O2. The fourth-order valence-corrected chi connectivity index (χ4v) is 3.73.